The lowest BCUT2D eigenvalue weighted by atomic mass is 10.2. The summed E-state index contributed by atoms with van der Waals surface area (Å²) < 4.78 is 21.0. The van der Waals surface area contributed by atoms with Crippen molar-refractivity contribution in [3.05, 3.63) is 59.7 Å². The van der Waals surface area contributed by atoms with E-state index in [1.807, 2.05) is 30.3 Å². The first-order valence-corrected chi connectivity index (χ1v) is 7.25. The van der Waals surface area contributed by atoms with Crippen molar-refractivity contribution in [2.75, 3.05) is 27.4 Å². The SMILES string of the molecule is COC(=O)c1cc(OC)cc(OCCOCc2ccccc2)c1. The number of hydrogen-bond acceptors (Lipinski definition) is 5. The van der Waals surface area contributed by atoms with Crippen LogP contribution < -0.4 is 9.47 Å². The van der Waals surface area contributed by atoms with Crippen LogP contribution in [0, 0.1) is 0 Å². The van der Waals surface area contributed by atoms with E-state index in [0.717, 1.165) is 5.56 Å². The summed E-state index contributed by atoms with van der Waals surface area (Å²) >= 11 is 0. The third kappa shape index (κ3) is 5.30. The van der Waals surface area contributed by atoms with E-state index < -0.39 is 5.97 Å². The second-order valence-corrected chi connectivity index (χ2v) is 4.78. The highest BCUT2D eigenvalue weighted by molar-refractivity contribution is 5.90. The highest BCUT2D eigenvalue weighted by Crippen LogP contribution is 2.23. The fourth-order valence-corrected chi connectivity index (χ4v) is 1.99. The minimum atomic E-state index is -0.436. The fraction of sp³-hybridized carbons (Fsp3) is 0.278. The van der Waals surface area contributed by atoms with Gasteiger partial charge in [0.05, 0.1) is 33.0 Å². The number of carbonyl (C=O) groups is 1. The largest absolute Gasteiger partial charge is 0.497 e. The molecule has 122 valence electrons. The van der Waals surface area contributed by atoms with Crippen molar-refractivity contribution >= 4 is 5.97 Å². The Morgan fingerprint density at radius 3 is 2.39 bits per heavy atom. The van der Waals surface area contributed by atoms with Gasteiger partial charge < -0.3 is 18.9 Å². The Kier molecular flexibility index (Phi) is 6.44. The van der Waals surface area contributed by atoms with Gasteiger partial charge in [0.25, 0.3) is 0 Å². The molecule has 0 radical (unpaired) electrons. The molecule has 0 saturated carbocycles. The van der Waals surface area contributed by atoms with Crippen molar-refractivity contribution < 1.29 is 23.7 Å². The van der Waals surface area contributed by atoms with Gasteiger partial charge in [-0.2, -0.15) is 0 Å². The molecule has 0 amide bonds. The topological polar surface area (TPSA) is 54.0 Å². The molecule has 0 unspecified atom stereocenters. The summed E-state index contributed by atoms with van der Waals surface area (Å²) in [4.78, 5) is 11.6. The lowest BCUT2D eigenvalue weighted by Crippen LogP contribution is -2.08. The van der Waals surface area contributed by atoms with E-state index in [-0.39, 0.29) is 0 Å². The van der Waals surface area contributed by atoms with Gasteiger partial charge in [-0.1, -0.05) is 30.3 Å². The summed E-state index contributed by atoms with van der Waals surface area (Å²) in [6.07, 6.45) is 0. The van der Waals surface area contributed by atoms with E-state index in [2.05, 4.69) is 0 Å². The predicted molar refractivity (Wildman–Crippen MR) is 85.9 cm³/mol. The quantitative estimate of drug-likeness (QED) is 0.553. The highest BCUT2D eigenvalue weighted by Gasteiger charge is 2.10. The Bertz CT molecular complexity index is 625. The first-order chi connectivity index (χ1) is 11.2. The highest BCUT2D eigenvalue weighted by atomic mass is 16.5. The molecule has 23 heavy (non-hydrogen) atoms. The Labute approximate surface area is 135 Å². The number of rotatable bonds is 8. The summed E-state index contributed by atoms with van der Waals surface area (Å²) in [6.45, 7) is 1.36. The lowest BCUT2D eigenvalue weighted by Gasteiger charge is -2.10. The van der Waals surface area contributed by atoms with E-state index in [1.165, 1.54) is 14.2 Å². The van der Waals surface area contributed by atoms with E-state index in [1.54, 1.807) is 18.2 Å². The fourth-order valence-electron chi connectivity index (χ4n) is 1.99. The monoisotopic (exact) mass is 316 g/mol. The molecule has 0 aromatic heterocycles. The molecule has 5 heteroatoms. The van der Waals surface area contributed by atoms with Gasteiger partial charge in [0.1, 0.15) is 18.1 Å². The number of benzene rings is 2. The smallest absolute Gasteiger partial charge is 0.338 e. The summed E-state index contributed by atoms with van der Waals surface area (Å²) in [5.41, 5.74) is 1.49. The zero-order valence-electron chi connectivity index (χ0n) is 13.3. The minimum absolute atomic E-state index is 0.376. The van der Waals surface area contributed by atoms with Gasteiger partial charge in [0, 0.05) is 6.07 Å². The Morgan fingerprint density at radius 1 is 0.957 bits per heavy atom. The number of hydrogen-bond donors (Lipinski definition) is 0. The maximum Gasteiger partial charge on any atom is 0.338 e. The standard InChI is InChI=1S/C18H20O5/c1-20-16-10-15(18(19)21-2)11-17(12-16)23-9-8-22-13-14-6-4-3-5-7-14/h3-7,10-12H,8-9,13H2,1-2H3. The van der Waals surface area contributed by atoms with Crippen molar-refractivity contribution in [3.8, 4) is 11.5 Å². The van der Waals surface area contributed by atoms with Gasteiger partial charge in [0.15, 0.2) is 0 Å². The average molecular weight is 316 g/mol. The van der Waals surface area contributed by atoms with Gasteiger partial charge >= 0.3 is 5.97 Å². The van der Waals surface area contributed by atoms with Crippen LogP contribution in [0.5, 0.6) is 11.5 Å². The van der Waals surface area contributed by atoms with E-state index in [0.29, 0.717) is 36.9 Å². The normalized spacial score (nSPS) is 10.2. The Balaban J connectivity index is 1.84. The van der Waals surface area contributed by atoms with Crippen LogP contribution in [0.2, 0.25) is 0 Å². The zero-order chi connectivity index (χ0) is 16.5. The van der Waals surface area contributed by atoms with Crippen molar-refractivity contribution in [1.29, 1.82) is 0 Å². The molecule has 2 aromatic carbocycles. The second-order valence-electron chi connectivity index (χ2n) is 4.78. The Hall–Kier alpha value is -2.53. The average Bonchev–Trinajstić information content (AvgIpc) is 2.61. The first-order valence-electron chi connectivity index (χ1n) is 7.25. The van der Waals surface area contributed by atoms with Gasteiger partial charge in [-0.25, -0.2) is 4.79 Å². The molecule has 5 nitrogen and oxygen atoms in total. The molecule has 0 spiro atoms. The Morgan fingerprint density at radius 2 is 1.70 bits per heavy atom. The van der Waals surface area contributed by atoms with Crippen molar-refractivity contribution in [1.82, 2.24) is 0 Å². The summed E-state index contributed by atoms with van der Waals surface area (Å²) in [5.74, 6) is 0.634. The van der Waals surface area contributed by atoms with Crippen LogP contribution in [0.25, 0.3) is 0 Å². The third-order valence-corrected chi connectivity index (χ3v) is 3.14. The first kappa shape index (κ1) is 16.8. The summed E-state index contributed by atoms with van der Waals surface area (Å²) in [6, 6.07) is 14.9. The van der Waals surface area contributed by atoms with E-state index >= 15 is 0 Å². The van der Waals surface area contributed by atoms with Gasteiger partial charge in [-0.05, 0) is 17.7 Å². The zero-order valence-corrected chi connectivity index (χ0v) is 13.3. The molecule has 2 rings (SSSR count). The molecule has 0 aliphatic heterocycles. The van der Waals surface area contributed by atoms with Crippen LogP contribution in [0.15, 0.2) is 48.5 Å². The third-order valence-electron chi connectivity index (χ3n) is 3.14. The lowest BCUT2D eigenvalue weighted by molar-refractivity contribution is 0.0599. The molecule has 0 aliphatic carbocycles. The van der Waals surface area contributed by atoms with Gasteiger partial charge in [-0.3, -0.25) is 0 Å². The predicted octanol–water partition coefficient (Wildman–Crippen LogP) is 3.08. The molecule has 0 saturated heterocycles. The summed E-state index contributed by atoms with van der Waals surface area (Å²) in [7, 11) is 2.86. The van der Waals surface area contributed by atoms with Crippen LogP contribution in [-0.4, -0.2) is 33.4 Å². The van der Waals surface area contributed by atoms with Gasteiger partial charge in [-0.15, -0.1) is 0 Å². The molecule has 2 aromatic rings. The number of methoxy groups -OCH3 is 2. The van der Waals surface area contributed by atoms with E-state index in [9.17, 15) is 4.79 Å². The van der Waals surface area contributed by atoms with Gasteiger partial charge in [0.2, 0.25) is 0 Å². The molecular weight excluding hydrogens is 296 g/mol. The van der Waals surface area contributed by atoms with Crippen molar-refractivity contribution in [2.24, 2.45) is 0 Å². The van der Waals surface area contributed by atoms with Crippen LogP contribution in [0.4, 0.5) is 0 Å². The second kappa shape index (κ2) is 8.80. The maximum atomic E-state index is 11.6. The maximum absolute atomic E-state index is 11.6. The molecule has 0 bridgehead atoms. The molecule has 0 fully saturated rings. The minimum Gasteiger partial charge on any atom is -0.497 e. The molecule has 0 heterocycles. The molecular formula is C18H20O5. The summed E-state index contributed by atoms with van der Waals surface area (Å²) in [5, 5.41) is 0. The van der Waals surface area contributed by atoms with Crippen LogP contribution in [-0.2, 0) is 16.1 Å². The molecule has 0 N–H and O–H groups in total. The van der Waals surface area contributed by atoms with Crippen LogP contribution >= 0.6 is 0 Å². The van der Waals surface area contributed by atoms with Crippen molar-refractivity contribution in [2.45, 2.75) is 6.61 Å². The van der Waals surface area contributed by atoms with E-state index in [4.69, 9.17) is 18.9 Å². The number of carbonyl (C=O) groups excluding carboxylic acids is 1. The van der Waals surface area contributed by atoms with Crippen molar-refractivity contribution in [3.63, 3.8) is 0 Å². The van der Waals surface area contributed by atoms with Crippen LogP contribution in [0.1, 0.15) is 15.9 Å². The number of esters is 1. The number of ether oxygens (including phenoxy) is 4. The van der Waals surface area contributed by atoms with Crippen LogP contribution in [0.3, 0.4) is 0 Å². The molecule has 0 atom stereocenters. The molecule has 0 aliphatic rings.